The fourth-order valence-corrected chi connectivity index (χ4v) is 3.35. The number of nitrogens with zero attached hydrogens (tertiary/aromatic N) is 2. The lowest BCUT2D eigenvalue weighted by Crippen LogP contribution is -2.44. The number of hydrogen-bond acceptors (Lipinski definition) is 3. The molecule has 0 bridgehead atoms. The van der Waals surface area contributed by atoms with Gasteiger partial charge in [0.05, 0.1) is 10.3 Å². The van der Waals surface area contributed by atoms with Gasteiger partial charge in [-0.3, -0.25) is 14.9 Å². The molecule has 1 saturated carbocycles. The van der Waals surface area contributed by atoms with Crippen LogP contribution in [0.5, 0.6) is 0 Å². The van der Waals surface area contributed by atoms with Crippen molar-refractivity contribution in [3.05, 3.63) is 39.4 Å². The summed E-state index contributed by atoms with van der Waals surface area (Å²) in [5, 5.41) is 10.9. The third kappa shape index (κ3) is 3.18. The smallest absolute Gasteiger partial charge is 0.273 e. The van der Waals surface area contributed by atoms with Gasteiger partial charge in [0.15, 0.2) is 0 Å². The monoisotopic (exact) mass is 310 g/mol. The van der Waals surface area contributed by atoms with Gasteiger partial charge in [0.25, 0.3) is 11.6 Å². The Labute approximate surface area is 129 Å². The van der Waals surface area contributed by atoms with Crippen molar-refractivity contribution < 1.29 is 9.72 Å². The normalized spacial score (nSPS) is 21.9. The van der Waals surface area contributed by atoms with Crippen molar-refractivity contribution >= 4 is 23.2 Å². The molecule has 114 valence electrons. The molecule has 0 spiro atoms. The molecule has 1 amide bonds. The summed E-state index contributed by atoms with van der Waals surface area (Å²) in [7, 11) is 1.73. The summed E-state index contributed by atoms with van der Waals surface area (Å²) < 4.78 is 0. The predicted octanol–water partition coefficient (Wildman–Crippen LogP) is 3.53. The molecule has 1 aliphatic carbocycles. The zero-order valence-electron chi connectivity index (χ0n) is 12.2. The molecule has 2 unspecified atom stereocenters. The zero-order chi connectivity index (χ0) is 15.6. The Kier molecular flexibility index (Phi) is 4.83. The van der Waals surface area contributed by atoms with Gasteiger partial charge in [-0.25, -0.2) is 0 Å². The van der Waals surface area contributed by atoms with E-state index in [2.05, 4.69) is 0 Å². The van der Waals surface area contributed by atoms with Gasteiger partial charge in [0, 0.05) is 30.3 Å². The van der Waals surface area contributed by atoms with Crippen LogP contribution in [0.25, 0.3) is 0 Å². The molecule has 2 atom stereocenters. The van der Waals surface area contributed by atoms with Crippen molar-refractivity contribution in [1.82, 2.24) is 4.90 Å². The molecule has 1 aromatic carbocycles. The van der Waals surface area contributed by atoms with Crippen LogP contribution in [0.15, 0.2) is 18.2 Å². The number of nitro groups is 1. The maximum Gasteiger partial charge on any atom is 0.273 e. The van der Waals surface area contributed by atoms with E-state index in [4.69, 9.17) is 11.6 Å². The van der Waals surface area contributed by atoms with E-state index in [0.717, 1.165) is 25.7 Å². The maximum absolute atomic E-state index is 12.6. The molecule has 0 heterocycles. The Morgan fingerprint density at radius 2 is 2.05 bits per heavy atom. The summed E-state index contributed by atoms with van der Waals surface area (Å²) in [5.41, 5.74) is 0.753. The first-order valence-corrected chi connectivity index (χ1v) is 7.52. The number of halogens is 1. The maximum atomic E-state index is 12.6. The minimum Gasteiger partial charge on any atom is -0.337 e. The summed E-state index contributed by atoms with van der Waals surface area (Å²) in [4.78, 5) is 24.8. The SMILES string of the molecule is Cc1c(C(=O)N(C)C2CCCCC2Cl)cccc1[N+](=O)[O-]. The number of benzene rings is 1. The summed E-state index contributed by atoms with van der Waals surface area (Å²) in [6, 6.07) is 4.59. The fraction of sp³-hybridized carbons (Fsp3) is 0.533. The van der Waals surface area contributed by atoms with Gasteiger partial charge in [-0.15, -0.1) is 11.6 Å². The van der Waals surface area contributed by atoms with E-state index in [0.29, 0.717) is 11.1 Å². The number of alkyl halides is 1. The second-order valence-corrected chi connectivity index (χ2v) is 6.05. The predicted molar refractivity (Wildman–Crippen MR) is 81.8 cm³/mol. The highest BCUT2D eigenvalue weighted by Crippen LogP contribution is 2.29. The third-order valence-corrected chi connectivity index (χ3v) is 4.71. The number of hydrogen-bond donors (Lipinski definition) is 0. The molecule has 5 nitrogen and oxygen atoms in total. The minimum absolute atomic E-state index is 0.00780. The summed E-state index contributed by atoms with van der Waals surface area (Å²) in [6.45, 7) is 1.61. The lowest BCUT2D eigenvalue weighted by Gasteiger charge is -2.35. The molecule has 21 heavy (non-hydrogen) atoms. The lowest BCUT2D eigenvalue weighted by molar-refractivity contribution is -0.385. The summed E-state index contributed by atoms with van der Waals surface area (Å²) in [6.07, 6.45) is 3.92. The summed E-state index contributed by atoms with van der Waals surface area (Å²) in [5.74, 6) is -0.200. The van der Waals surface area contributed by atoms with Crippen molar-refractivity contribution in [2.75, 3.05) is 7.05 Å². The first-order valence-electron chi connectivity index (χ1n) is 7.08. The average molecular weight is 311 g/mol. The van der Waals surface area contributed by atoms with E-state index >= 15 is 0 Å². The van der Waals surface area contributed by atoms with Crippen molar-refractivity contribution in [2.24, 2.45) is 0 Å². The first-order chi connectivity index (χ1) is 9.93. The first kappa shape index (κ1) is 15.8. The largest absolute Gasteiger partial charge is 0.337 e. The van der Waals surface area contributed by atoms with Crippen LogP contribution in [-0.2, 0) is 0 Å². The Hall–Kier alpha value is -1.62. The number of rotatable bonds is 3. The van der Waals surface area contributed by atoms with Crippen molar-refractivity contribution in [3.63, 3.8) is 0 Å². The Balaban J connectivity index is 2.27. The lowest BCUT2D eigenvalue weighted by atomic mass is 9.93. The van der Waals surface area contributed by atoms with Crippen LogP contribution >= 0.6 is 11.6 Å². The van der Waals surface area contributed by atoms with Gasteiger partial charge < -0.3 is 4.90 Å². The molecular formula is C15H19ClN2O3. The van der Waals surface area contributed by atoms with Crippen LogP contribution in [-0.4, -0.2) is 34.2 Å². The number of amides is 1. The zero-order valence-corrected chi connectivity index (χ0v) is 13.0. The van der Waals surface area contributed by atoms with Gasteiger partial charge >= 0.3 is 0 Å². The molecule has 0 aromatic heterocycles. The fourth-order valence-electron chi connectivity index (χ4n) is 2.90. The number of carbonyl (C=O) groups excluding carboxylic acids is 1. The Morgan fingerprint density at radius 3 is 2.67 bits per heavy atom. The molecule has 0 saturated heterocycles. The van der Waals surface area contributed by atoms with E-state index < -0.39 is 4.92 Å². The molecule has 0 aliphatic heterocycles. The van der Waals surface area contributed by atoms with Crippen molar-refractivity contribution in [2.45, 2.75) is 44.0 Å². The Bertz CT molecular complexity index is 562. The van der Waals surface area contributed by atoms with E-state index in [-0.39, 0.29) is 23.0 Å². The molecule has 0 radical (unpaired) electrons. The second-order valence-electron chi connectivity index (χ2n) is 5.49. The highest BCUT2D eigenvalue weighted by atomic mass is 35.5. The highest BCUT2D eigenvalue weighted by Gasteiger charge is 2.31. The minimum atomic E-state index is -0.461. The van der Waals surface area contributed by atoms with Gasteiger partial charge in [-0.2, -0.15) is 0 Å². The molecule has 6 heteroatoms. The van der Waals surface area contributed by atoms with Crippen LogP contribution < -0.4 is 0 Å². The van der Waals surface area contributed by atoms with Crippen LogP contribution in [0.1, 0.15) is 41.6 Å². The molecule has 1 aliphatic rings. The molecular weight excluding hydrogens is 292 g/mol. The van der Waals surface area contributed by atoms with Crippen molar-refractivity contribution in [3.8, 4) is 0 Å². The average Bonchev–Trinajstić information content (AvgIpc) is 2.46. The highest BCUT2D eigenvalue weighted by molar-refractivity contribution is 6.21. The number of nitro benzene ring substituents is 1. The molecule has 0 N–H and O–H groups in total. The molecule has 2 rings (SSSR count). The quantitative estimate of drug-likeness (QED) is 0.487. The van der Waals surface area contributed by atoms with E-state index in [1.165, 1.54) is 6.07 Å². The Morgan fingerprint density at radius 1 is 1.38 bits per heavy atom. The third-order valence-electron chi connectivity index (χ3n) is 4.20. The van der Waals surface area contributed by atoms with Crippen LogP contribution in [0.4, 0.5) is 5.69 Å². The van der Waals surface area contributed by atoms with E-state index in [1.807, 2.05) is 0 Å². The van der Waals surface area contributed by atoms with Crippen LogP contribution in [0.3, 0.4) is 0 Å². The summed E-state index contributed by atoms with van der Waals surface area (Å²) >= 11 is 6.33. The van der Waals surface area contributed by atoms with E-state index in [1.54, 1.807) is 31.0 Å². The van der Waals surface area contributed by atoms with Crippen molar-refractivity contribution in [1.29, 1.82) is 0 Å². The standard InChI is InChI=1S/C15H19ClN2O3/c1-10-11(6-5-9-13(10)18(20)21)15(19)17(2)14-8-4-3-7-12(14)16/h5-6,9,12,14H,3-4,7-8H2,1-2H3. The van der Waals surface area contributed by atoms with Gasteiger partial charge in [-0.1, -0.05) is 18.9 Å². The van der Waals surface area contributed by atoms with Crippen LogP contribution in [0, 0.1) is 17.0 Å². The van der Waals surface area contributed by atoms with Gasteiger partial charge in [-0.05, 0) is 25.8 Å². The topological polar surface area (TPSA) is 63.5 Å². The second kappa shape index (κ2) is 6.43. The van der Waals surface area contributed by atoms with E-state index in [9.17, 15) is 14.9 Å². The van der Waals surface area contributed by atoms with Gasteiger partial charge in [0.1, 0.15) is 0 Å². The van der Waals surface area contributed by atoms with Crippen LogP contribution in [0.2, 0.25) is 0 Å². The van der Waals surface area contributed by atoms with Gasteiger partial charge in [0.2, 0.25) is 0 Å². The molecule has 1 aromatic rings. The molecule has 1 fully saturated rings. The number of carbonyl (C=O) groups is 1.